The molecule has 1 aromatic carbocycles. The Hall–Kier alpha value is -1.27. The molecule has 6 heteroatoms. The summed E-state index contributed by atoms with van der Waals surface area (Å²) >= 11 is 0. The number of alkyl halides is 3. The summed E-state index contributed by atoms with van der Waals surface area (Å²) in [4.78, 5) is 0. The molecule has 18 heavy (non-hydrogen) atoms. The lowest BCUT2D eigenvalue weighted by molar-refractivity contribution is -0.140. The number of hydrazine groups is 1. The first-order chi connectivity index (χ1) is 8.31. The number of hydrogen-bond acceptors (Lipinski definition) is 3. The molecule has 0 aromatic heterocycles. The van der Waals surface area contributed by atoms with Crippen LogP contribution in [0, 0.1) is 0 Å². The van der Waals surface area contributed by atoms with Gasteiger partial charge in [0.1, 0.15) is 5.75 Å². The van der Waals surface area contributed by atoms with Crippen LogP contribution in [0.3, 0.4) is 0 Å². The summed E-state index contributed by atoms with van der Waals surface area (Å²) in [6.45, 7) is 3.75. The number of rotatable bonds is 5. The molecular formula is C12H17F3N2O. The van der Waals surface area contributed by atoms with E-state index in [0.717, 1.165) is 0 Å². The molecule has 1 unspecified atom stereocenters. The van der Waals surface area contributed by atoms with Crippen molar-refractivity contribution in [1.29, 1.82) is 0 Å². The van der Waals surface area contributed by atoms with Gasteiger partial charge in [-0.2, -0.15) is 13.2 Å². The van der Waals surface area contributed by atoms with Gasteiger partial charge in [-0.1, -0.05) is 12.1 Å². The highest BCUT2D eigenvalue weighted by Gasteiger charge is 2.32. The Morgan fingerprint density at radius 3 is 2.17 bits per heavy atom. The van der Waals surface area contributed by atoms with Crippen LogP contribution in [0.25, 0.3) is 0 Å². The van der Waals surface area contributed by atoms with Crippen molar-refractivity contribution >= 4 is 0 Å². The predicted molar refractivity (Wildman–Crippen MR) is 62.9 cm³/mol. The number of nitrogens with two attached hydrogens (primary N) is 1. The van der Waals surface area contributed by atoms with Gasteiger partial charge >= 0.3 is 6.18 Å². The fourth-order valence-corrected chi connectivity index (χ4v) is 1.56. The first kappa shape index (κ1) is 14.8. The molecule has 0 aliphatic carbocycles. The van der Waals surface area contributed by atoms with Crippen molar-refractivity contribution in [3.8, 4) is 5.75 Å². The Kier molecular flexibility index (Phi) is 4.98. The van der Waals surface area contributed by atoms with Gasteiger partial charge in [-0.05, 0) is 31.5 Å². The van der Waals surface area contributed by atoms with Crippen LogP contribution in [0.15, 0.2) is 24.3 Å². The van der Waals surface area contributed by atoms with E-state index in [1.807, 2.05) is 13.8 Å². The first-order valence-corrected chi connectivity index (χ1v) is 5.61. The Balaban J connectivity index is 2.75. The highest BCUT2D eigenvalue weighted by molar-refractivity contribution is 5.29. The minimum Gasteiger partial charge on any atom is -0.491 e. The van der Waals surface area contributed by atoms with Gasteiger partial charge in [-0.15, -0.1) is 0 Å². The van der Waals surface area contributed by atoms with Gasteiger partial charge in [0, 0.05) is 0 Å². The summed E-state index contributed by atoms with van der Waals surface area (Å²) in [6, 6.07) is 5.48. The van der Waals surface area contributed by atoms with Crippen LogP contribution in [-0.4, -0.2) is 12.3 Å². The lowest BCUT2D eigenvalue weighted by Crippen LogP contribution is -2.31. The Morgan fingerprint density at radius 2 is 1.78 bits per heavy atom. The van der Waals surface area contributed by atoms with E-state index in [4.69, 9.17) is 10.6 Å². The summed E-state index contributed by atoms with van der Waals surface area (Å²) in [7, 11) is 0. The summed E-state index contributed by atoms with van der Waals surface area (Å²) in [6.07, 6.45) is -5.24. The molecule has 0 saturated carbocycles. The van der Waals surface area contributed by atoms with Crippen molar-refractivity contribution in [3.05, 3.63) is 29.8 Å². The van der Waals surface area contributed by atoms with Crippen molar-refractivity contribution in [2.75, 3.05) is 0 Å². The fourth-order valence-electron chi connectivity index (χ4n) is 1.56. The Bertz CT molecular complexity index is 363. The molecular weight excluding hydrogens is 245 g/mol. The normalized spacial score (nSPS) is 13.7. The molecule has 1 atom stereocenters. The van der Waals surface area contributed by atoms with Crippen molar-refractivity contribution in [2.24, 2.45) is 5.84 Å². The summed E-state index contributed by atoms with van der Waals surface area (Å²) in [5.74, 6) is 5.77. The zero-order valence-corrected chi connectivity index (χ0v) is 10.3. The molecule has 0 spiro atoms. The first-order valence-electron chi connectivity index (χ1n) is 5.61. The standard InChI is InChI=1S/C12H17F3N2O/c1-8(2)18-10-5-3-9(4-6-10)11(17-16)7-12(13,14)15/h3-6,8,11,17H,7,16H2,1-2H3. The molecule has 3 N–H and O–H groups in total. The number of ether oxygens (including phenoxy) is 1. The second kappa shape index (κ2) is 6.06. The van der Waals surface area contributed by atoms with Crippen molar-refractivity contribution < 1.29 is 17.9 Å². The largest absolute Gasteiger partial charge is 0.491 e. The van der Waals surface area contributed by atoms with Crippen LogP contribution < -0.4 is 16.0 Å². The van der Waals surface area contributed by atoms with E-state index in [9.17, 15) is 13.2 Å². The molecule has 0 radical (unpaired) electrons. The van der Waals surface area contributed by atoms with Gasteiger partial charge in [0.15, 0.2) is 0 Å². The number of hydrogen-bond donors (Lipinski definition) is 2. The number of halogens is 3. The molecule has 0 heterocycles. The zero-order valence-electron chi connectivity index (χ0n) is 10.3. The number of benzene rings is 1. The fraction of sp³-hybridized carbons (Fsp3) is 0.500. The van der Waals surface area contributed by atoms with E-state index in [0.29, 0.717) is 11.3 Å². The van der Waals surface area contributed by atoms with E-state index in [-0.39, 0.29) is 6.10 Å². The van der Waals surface area contributed by atoms with Gasteiger partial charge < -0.3 is 4.74 Å². The third-order valence-corrected chi connectivity index (χ3v) is 2.29. The van der Waals surface area contributed by atoms with Crippen LogP contribution >= 0.6 is 0 Å². The second-order valence-electron chi connectivity index (χ2n) is 4.27. The average molecular weight is 262 g/mol. The highest BCUT2D eigenvalue weighted by atomic mass is 19.4. The summed E-state index contributed by atoms with van der Waals surface area (Å²) < 4.78 is 42.3. The van der Waals surface area contributed by atoms with Crippen LogP contribution in [0.5, 0.6) is 5.75 Å². The molecule has 0 bridgehead atoms. The summed E-state index contributed by atoms with van der Waals surface area (Å²) in [5.41, 5.74) is 2.65. The molecule has 0 amide bonds. The quantitative estimate of drug-likeness (QED) is 0.633. The van der Waals surface area contributed by atoms with Crippen LogP contribution in [0.1, 0.15) is 31.9 Å². The minimum absolute atomic E-state index is 0.0226. The van der Waals surface area contributed by atoms with Crippen molar-refractivity contribution in [3.63, 3.8) is 0 Å². The van der Waals surface area contributed by atoms with Gasteiger partial charge in [-0.3, -0.25) is 11.3 Å². The average Bonchev–Trinajstić information content (AvgIpc) is 2.25. The van der Waals surface area contributed by atoms with Crippen LogP contribution in [-0.2, 0) is 0 Å². The van der Waals surface area contributed by atoms with Crippen LogP contribution in [0.4, 0.5) is 13.2 Å². The smallest absolute Gasteiger partial charge is 0.390 e. The SMILES string of the molecule is CC(C)Oc1ccc(C(CC(F)(F)F)NN)cc1. The molecule has 3 nitrogen and oxygen atoms in total. The highest BCUT2D eigenvalue weighted by Crippen LogP contribution is 2.29. The van der Waals surface area contributed by atoms with Gasteiger partial charge in [-0.25, -0.2) is 0 Å². The molecule has 0 aliphatic heterocycles. The third-order valence-electron chi connectivity index (χ3n) is 2.29. The minimum atomic E-state index is -4.26. The maximum absolute atomic E-state index is 12.3. The van der Waals surface area contributed by atoms with E-state index in [1.54, 1.807) is 24.3 Å². The monoisotopic (exact) mass is 262 g/mol. The topological polar surface area (TPSA) is 47.3 Å². The van der Waals surface area contributed by atoms with Crippen molar-refractivity contribution in [1.82, 2.24) is 5.43 Å². The maximum Gasteiger partial charge on any atom is 0.390 e. The lowest BCUT2D eigenvalue weighted by Gasteiger charge is -2.18. The van der Waals surface area contributed by atoms with Gasteiger partial charge in [0.05, 0.1) is 18.6 Å². The maximum atomic E-state index is 12.3. The third kappa shape index (κ3) is 4.93. The Morgan fingerprint density at radius 1 is 1.22 bits per heavy atom. The molecule has 102 valence electrons. The van der Waals surface area contributed by atoms with Gasteiger partial charge in [0.25, 0.3) is 0 Å². The van der Waals surface area contributed by atoms with E-state index in [1.165, 1.54) is 0 Å². The van der Waals surface area contributed by atoms with E-state index < -0.39 is 18.6 Å². The van der Waals surface area contributed by atoms with Crippen molar-refractivity contribution in [2.45, 2.75) is 38.6 Å². The lowest BCUT2D eigenvalue weighted by atomic mass is 10.0. The molecule has 0 fully saturated rings. The molecule has 0 saturated heterocycles. The molecule has 1 rings (SSSR count). The second-order valence-corrected chi connectivity index (χ2v) is 4.27. The molecule has 1 aromatic rings. The summed E-state index contributed by atoms with van der Waals surface area (Å²) in [5, 5.41) is 0. The van der Waals surface area contributed by atoms with Gasteiger partial charge in [0.2, 0.25) is 0 Å². The van der Waals surface area contributed by atoms with E-state index >= 15 is 0 Å². The predicted octanol–water partition coefficient (Wildman–Crippen LogP) is 2.93. The molecule has 0 aliphatic rings. The zero-order chi connectivity index (χ0) is 13.8. The number of nitrogens with one attached hydrogen (secondary N) is 1. The van der Waals surface area contributed by atoms with Crippen LogP contribution in [0.2, 0.25) is 0 Å². The van der Waals surface area contributed by atoms with E-state index in [2.05, 4.69) is 5.43 Å². The Labute approximate surface area is 104 Å².